The first-order chi connectivity index (χ1) is 9.45. The molecule has 0 aliphatic carbocycles. The van der Waals surface area contributed by atoms with E-state index in [0.29, 0.717) is 10.8 Å². The fraction of sp³-hybridized carbons (Fsp3) is 0.556. The van der Waals surface area contributed by atoms with Crippen LogP contribution in [-0.2, 0) is 4.74 Å². The lowest BCUT2D eigenvalue weighted by atomic mass is 10.1. The molecular formula is C9H10FN5O5. The van der Waals surface area contributed by atoms with E-state index in [1.54, 1.807) is 4.98 Å². The first-order valence-electron chi connectivity index (χ1n) is 5.49. The molecule has 0 saturated carbocycles. The number of halogens is 1. The topological polar surface area (TPSA) is 153 Å². The van der Waals surface area contributed by atoms with Gasteiger partial charge in [-0.05, 0) is 5.53 Å². The molecule has 0 bridgehead atoms. The largest absolute Gasteiger partial charge is 0.388 e. The standard InChI is InChI=1S/C9H10FN5O5/c10-3-2-15(9(19)13-7(3)18)8-6(17)5(16)4(20-8)1-12-14-11/h2,4-6,8,16-17H,1H2,(H,13,18,19)/t4-,5-,6-,8?/m1/s1. The third kappa shape index (κ3) is 2.42. The Morgan fingerprint density at radius 2 is 2.20 bits per heavy atom. The molecule has 1 aliphatic heterocycles. The average Bonchev–Trinajstić information content (AvgIpc) is 2.68. The minimum Gasteiger partial charge on any atom is -0.388 e. The van der Waals surface area contributed by atoms with E-state index in [4.69, 9.17) is 10.3 Å². The zero-order chi connectivity index (χ0) is 14.9. The zero-order valence-electron chi connectivity index (χ0n) is 9.88. The lowest BCUT2D eigenvalue weighted by molar-refractivity contribution is -0.0377. The molecule has 1 fully saturated rings. The number of azide groups is 1. The van der Waals surface area contributed by atoms with Gasteiger partial charge in [-0.2, -0.15) is 4.39 Å². The van der Waals surface area contributed by atoms with Gasteiger partial charge in [-0.25, -0.2) is 4.79 Å². The number of hydrogen-bond donors (Lipinski definition) is 3. The van der Waals surface area contributed by atoms with Crippen molar-refractivity contribution in [2.45, 2.75) is 24.5 Å². The van der Waals surface area contributed by atoms with Crippen LogP contribution in [0.5, 0.6) is 0 Å². The van der Waals surface area contributed by atoms with Gasteiger partial charge >= 0.3 is 5.69 Å². The Labute approximate surface area is 109 Å². The van der Waals surface area contributed by atoms with Crippen LogP contribution in [0.1, 0.15) is 6.23 Å². The number of H-pyrrole nitrogens is 1. The van der Waals surface area contributed by atoms with Crippen LogP contribution in [0.2, 0.25) is 0 Å². The van der Waals surface area contributed by atoms with Crippen LogP contribution in [0, 0.1) is 5.82 Å². The average molecular weight is 287 g/mol. The van der Waals surface area contributed by atoms with Crippen LogP contribution >= 0.6 is 0 Å². The van der Waals surface area contributed by atoms with Crippen molar-refractivity contribution in [3.05, 3.63) is 43.3 Å². The molecule has 3 N–H and O–H groups in total. The summed E-state index contributed by atoms with van der Waals surface area (Å²) in [5.74, 6) is -1.24. The van der Waals surface area contributed by atoms with E-state index in [1.807, 2.05) is 0 Å². The van der Waals surface area contributed by atoms with E-state index >= 15 is 0 Å². The first-order valence-corrected chi connectivity index (χ1v) is 5.49. The molecule has 1 saturated heterocycles. The number of nitrogens with one attached hydrogen (secondary N) is 1. The van der Waals surface area contributed by atoms with Crippen LogP contribution < -0.4 is 11.2 Å². The highest BCUT2D eigenvalue weighted by atomic mass is 19.1. The van der Waals surface area contributed by atoms with Crippen LogP contribution in [0.4, 0.5) is 4.39 Å². The molecule has 2 heterocycles. The quantitative estimate of drug-likeness (QED) is 0.354. The second-order valence-electron chi connectivity index (χ2n) is 4.10. The maximum atomic E-state index is 13.2. The summed E-state index contributed by atoms with van der Waals surface area (Å²) in [7, 11) is 0. The Balaban J connectivity index is 2.34. The number of aromatic amines is 1. The molecule has 1 unspecified atom stereocenters. The smallest absolute Gasteiger partial charge is 0.330 e. The SMILES string of the molecule is [N-]=[N+]=NC[C@H]1OC(n2cc(F)c(=O)[nH]c2=O)[C@H](O)[C@@H]1O. The highest BCUT2D eigenvalue weighted by Gasteiger charge is 2.43. The summed E-state index contributed by atoms with van der Waals surface area (Å²) < 4.78 is 18.9. The molecule has 0 amide bonds. The highest BCUT2D eigenvalue weighted by molar-refractivity contribution is 4.95. The molecule has 1 aromatic rings. The van der Waals surface area contributed by atoms with Gasteiger partial charge in [0, 0.05) is 4.91 Å². The molecule has 0 aromatic carbocycles. The number of aliphatic hydroxyl groups is 2. The molecule has 0 radical (unpaired) electrons. The van der Waals surface area contributed by atoms with Crippen molar-refractivity contribution in [3.63, 3.8) is 0 Å². The van der Waals surface area contributed by atoms with Crippen molar-refractivity contribution in [3.8, 4) is 0 Å². The van der Waals surface area contributed by atoms with Crippen molar-refractivity contribution < 1.29 is 19.3 Å². The Hall–Kier alpha value is -2.20. The minimum atomic E-state index is -1.54. The Kier molecular flexibility index (Phi) is 3.86. The molecule has 10 nitrogen and oxygen atoms in total. The second-order valence-corrected chi connectivity index (χ2v) is 4.10. The van der Waals surface area contributed by atoms with Gasteiger partial charge in [-0.1, -0.05) is 5.11 Å². The third-order valence-corrected chi connectivity index (χ3v) is 2.86. The van der Waals surface area contributed by atoms with Gasteiger partial charge in [0.1, 0.15) is 12.2 Å². The Morgan fingerprint density at radius 3 is 2.85 bits per heavy atom. The highest BCUT2D eigenvalue weighted by Crippen LogP contribution is 2.28. The number of hydrogen-bond acceptors (Lipinski definition) is 6. The normalized spacial score (nSPS) is 29.1. The van der Waals surface area contributed by atoms with E-state index in [0.717, 1.165) is 0 Å². The van der Waals surface area contributed by atoms with E-state index < -0.39 is 41.6 Å². The van der Waals surface area contributed by atoms with Crippen molar-refractivity contribution in [1.29, 1.82) is 0 Å². The summed E-state index contributed by atoms with van der Waals surface area (Å²) in [6.45, 7) is -0.272. The summed E-state index contributed by atoms with van der Waals surface area (Å²) in [5.41, 5.74) is 5.98. The van der Waals surface area contributed by atoms with E-state index in [9.17, 15) is 24.2 Å². The maximum absolute atomic E-state index is 13.2. The van der Waals surface area contributed by atoms with Crippen LogP contribution in [0.25, 0.3) is 10.4 Å². The summed E-state index contributed by atoms with van der Waals surface area (Å²) in [6.07, 6.45) is -4.85. The number of aliphatic hydroxyl groups excluding tert-OH is 2. The van der Waals surface area contributed by atoms with E-state index in [-0.39, 0.29) is 6.54 Å². The number of rotatable bonds is 3. The fourth-order valence-electron chi connectivity index (χ4n) is 1.88. The van der Waals surface area contributed by atoms with Gasteiger partial charge in [-0.3, -0.25) is 14.3 Å². The Bertz CT molecular complexity index is 665. The van der Waals surface area contributed by atoms with Crippen LogP contribution in [0.15, 0.2) is 20.9 Å². The molecule has 11 heteroatoms. The molecule has 108 valence electrons. The Morgan fingerprint density at radius 1 is 1.50 bits per heavy atom. The third-order valence-electron chi connectivity index (χ3n) is 2.86. The van der Waals surface area contributed by atoms with E-state index in [1.165, 1.54) is 0 Å². The predicted octanol–water partition coefficient (Wildman–Crippen LogP) is -1.39. The zero-order valence-corrected chi connectivity index (χ0v) is 9.88. The van der Waals surface area contributed by atoms with Gasteiger partial charge in [0.05, 0.1) is 18.8 Å². The number of ether oxygens (including phenoxy) is 1. The summed E-state index contributed by atoms with van der Waals surface area (Å²) in [5, 5.41) is 22.7. The molecule has 1 aliphatic rings. The van der Waals surface area contributed by atoms with Gasteiger partial charge in [0.2, 0.25) is 5.82 Å². The van der Waals surface area contributed by atoms with Crippen molar-refractivity contribution in [2.75, 3.05) is 6.54 Å². The fourth-order valence-corrected chi connectivity index (χ4v) is 1.88. The van der Waals surface area contributed by atoms with Gasteiger partial charge in [0.25, 0.3) is 5.56 Å². The van der Waals surface area contributed by atoms with Gasteiger partial charge in [-0.15, -0.1) is 0 Å². The molecule has 20 heavy (non-hydrogen) atoms. The lowest BCUT2D eigenvalue weighted by Gasteiger charge is -2.16. The second kappa shape index (κ2) is 5.43. The molecule has 4 atom stereocenters. The van der Waals surface area contributed by atoms with Crippen LogP contribution in [0.3, 0.4) is 0 Å². The molecule has 1 aromatic heterocycles. The summed E-state index contributed by atoms with van der Waals surface area (Å²) in [4.78, 5) is 26.6. The van der Waals surface area contributed by atoms with Gasteiger partial charge < -0.3 is 14.9 Å². The number of aromatic nitrogens is 2. The first kappa shape index (κ1) is 14.2. The van der Waals surface area contributed by atoms with E-state index in [2.05, 4.69) is 10.0 Å². The van der Waals surface area contributed by atoms with Crippen molar-refractivity contribution >= 4 is 0 Å². The summed E-state index contributed by atoms with van der Waals surface area (Å²) >= 11 is 0. The van der Waals surface area contributed by atoms with Crippen molar-refractivity contribution in [2.24, 2.45) is 5.11 Å². The minimum absolute atomic E-state index is 0.272. The monoisotopic (exact) mass is 287 g/mol. The predicted molar refractivity (Wildman–Crippen MR) is 61.2 cm³/mol. The number of nitrogens with zero attached hydrogens (tertiary/aromatic N) is 4. The van der Waals surface area contributed by atoms with Crippen LogP contribution in [-0.4, -0.2) is 44.6 Å². The maximum Gasteiger partial charge on any atom is 0.330 e. The van der Waals surface area contributed by atoms with Gasteiger partial charge in [0.15, 0.2) is 6.23 Å². The van der Waals surface area contributed by atoms with Crippen molar-refractivity contribution in [1.82, 2.24) is 9.55 Å². The lowest BCUT2D eigenvalue weighted by Crippen LogP contribution is -2.38. The molecule has 2 rings (SSSR count). The molecule has 0 spiro atoms. The molecular weight excluding hydrogens is 277 g/mol. The summed E-state index contributed by atoms with van der Waals surface area (Å²) in [6, 6.07) is 0.